The van der Waals surface area contributed by atoms with Gasteiger partial charge in [-0.15, -0.1) is 0 Å². The van der Waals surface area contributed by atoms with Gasteiger partial charge < -0.3 is 19.0 Å². The number of esters is 1. The van der Waals surface area contributed by atoms with Crippen LogP contribution in [0.5, 0.6) is 0 Å². The third-order valence-electron chi connectivity index (χ3n) is 4.07. The van der Waals surface area contributed by atoms with E-state index in [-0.39, 0.29) is 18.2 Å². The van der Waals surface area contributed by atoms with Gasteiger partial charge in [-0.3, -0.25) is 9.69 Å². The summed E-state index contributed by atoms with van der Waals surface area (Å²) in [6.45, 7) is 2.30. The van der Waals surface area contributed by atoms with E-state index in [2.05, 4.69) is 24.5 Å². The largest absolute Gasteiger partial charge is 0.463 e. The highest BCUT2D eigenvalue weighted by molar-refractivity contribution is 5.86. The van der Waals surface area contributed by atoms with E-state index in [4.69, 9.17) is 4.42 Å². The number of likely N-dealkylation sites (tertiary alicyclic amines) is 1. The third-order valence-corrected chi connectivity index (χ3v) is 4.07. The molecule has 0 spiro atoms. The Hall–Kier alpha value is -2.61. The lowest BCUT2D eigenvalue weighted by molar-refractivity contribution is -0.122. The maximum atomic E-state index is 12.1. The maximum Gasteiger partial charge on any atom is 0.373 e. The molecule has 0 bridgehead atoms. The summed E-state index contributed by atoms with van der Waals surface area (Å²) in [5, 5.41) is 2.80. The first-order valence-corrected chi connectivity index (χ1v) is 7.79. The monoisotopic (exact) mass is 332 g/mol. The van der Waals surface area contributed by atoms with E-state index in [1.54, 1.807) is 12.3 Å². The Bertz CT molecular complexity index is 695. The lowest BCUT2D eigenvalue weighted by Crippen LogP contribution is -2.35. The number of imidazole rings is 1. The van der Waals surface area contributed by atoms with Crippen LogP contribution in [0.4, 0.5) is 0 Å². The van der Waals surface area contributed by atoms with Crippen molar-refractivity contribution < 1.29 is 18.7 Å². The Balaban J connectivity index is 1.43. The molecule has 8 nitrogen and oxygen atoms in total. The fourth-order valence-electron chi connectivity index (χ4n) is 2.81. The summed E-state index contributed by atoms with van der Waals surface area (Å²) >= 11 is 0. The zero-order valence-corrected chi connectivity index (χ0v) is 13.5. The molecule has 1 aliphatic heterocycles. The predicted molar refractivity (Wildman–Crippen MR) is 84.2 cm³/mol. The minimum Gasteiger partial charge on any atom is -0.463 e. The summed E-state index contributed by atoms with van der Waals surface area (Å²) < 4.78 is 12.0. The van der Waals surface area contributed by atoms with E-state index in [1.165, 1.54) is 13.2 Å². The van der Waals surface area contributed by atoms with Crippen LogP contribution < -0.4 is 5.32 Å². The smallest absolute Gasteiger partial charge is 0.373 e. The third kappa shape index (κ3) is 3.83. The van der Waals surface area contributed by atoms with Crippen LogP contribution in [0.15, 0.2) is 35.3 Å². The number of amides is 1. The molecule has 1 saturated heterocycles. The minimum absolute atomic E-state index is 0.0719. The quantitative estimate of drug-likeness (QED) is 0.788. The molecular weight excluding hydrogens is 312 g/mol. The van der Waals surface area contributed by atoms with Gasteiger partial charge in [-0.1, -0.05) is 0 Å². The minimum atomic E-state index is -0.532. The summed E-state index contributed by atoms with van der Waals surface area (Å²) in [4.78, 5) is 29.5. The Kier molecular flexibility index (Phi) is 4.95. The van der Waals surface area contributed by atoms with E-state index in [9.17, 15) is 9.59 Å². The van der Waals surface area contributed by atoms with Gasteiger partial charge in [0.1, 0.15) is 5.76 Å². The number of hydrogen-bond acceptors (Lipinski definition) is 6. The highest BCUT2D eigenvalue weighted by Gasteiger charge is 2.24. The number of rotatable bonds is 6. The van der Waals surface area contributed by atoms with Gasteiger partial charge >= 0.3 is 5.97 Å². The molecule has 8 heteroatoms. The Morgan fingerprint density at radius 1 is 1.46 bits per heavy atom. The lowest BCUT2D eigenvalue weighted by Gasteiger charge is -2.16. The highest BCUT2D eigenvalue weighted by atomic mass is 16.5. The van der Waals surface area contributed by atoms with Crippen molar-refractivity contribution in [3.63, 3.8) is 0 Å². The molecule has 1 aliphatic rings. The molecule has 3 heterocycles. The second-order valence-corrected chi connectivity index (χ2v) is 5.72. The van der Waals surface area contributed by atoms with Gasteiger partial charge in [0.05, 0.1) is 26.5 Å². The van der Waals surface area contributed by atoms with Crippen molar-refractivity contribution in [2.24, 2.45) is 0 Å². The number of aromatic nitrogens is 2. The second kappa shape index (κ2) is 7.31. The Morgan fingerprint density at radius 2 is 2.33 bits per heavy atom. The van der Waals surface area contributed by atoms with Crippen molar-refractivity contribution in [1.29, 1.82) is 0 Å². The number of carbonyl (C=O) groups excluding carboxylic acids is 2. The normalized spacial score (nSPS) is 17.8. The van der Waals surface area contributed by atoms with Crippen molar-refractivity contribution in [3.05, 3.63) is 42.4 Å². The van der Waals surface area contributed by atoms with Gasteiger partial charge in [-0.2, -0.15) is 0 Å². The van der Waals surface area contributed by atoms with Gasteiger partial charge in [-0.25, -0.2) is 9.78 Å². The average Bonchev–Trinajstić information content (AvgIpc) is 3.32. The fraction of sp³-hybridized carbons (Fsp3) is 0.438. The molecule has 2 aromatic heterocycles. The van der Waals surface area contributed by atoms with Crippen molar-refractivity contribution in [2.45, 2.75) is 19.0 Å². The van der Waals surface area contributed by atoms with Gasteiger partial charge in [0.15, 0.2) is 0 Å². The zero-order chi connectivity index (χ0) is 16.9. The van der Waals surface area contributed by atoms with Crippen molar-refractivity contribution in [2.75, 3.05) is 26.7 Å². The lowest BCUT2D eigenvalue weighted by atomic mass is 10.3. The van der Waals surface area contributed by atoms with Crippen LogP contribution in [0.2, 0.25) is 0 Å². The van der Waals surface area contributed by atoms with Crippen molar-refractivity contribution in [3.8, 4) is 0 Å². The van der Waals surface area contributed by atoms with Crippen LogP contribution in [0, 0.1) is 0 Å². The van der Waals surface area contributed by atoms with Crippen LogP contribution >= 0.6 is 0 Å². The summed E-state index contributed by atoms with van der Waals surface area (Å²) in [5.74, 6) is 0.0402. The fourth-order valence-corrected chi connectivity index (χ4v) is 2.81. The molecule has 1 atom stereocenters. The number of ether oxygens (including phenoxy) is 1. The molecule has 3 rings (SSSR count). The van der Waals surface area contributed by atoms with E-state index >= 15 is 0 Å². The van der Waals surface area contributed by atoms with E-state index in [0.29, 0.717) is 18.3 Å². The highest BCUT2D eigenvalue weighted by Crippen LogP contribution is 2.20. The maximum absolute atomic E-state index is 12.1. The number of carbonyl (C=O) groups is 2. The molecule has 0 radical (unpaired) electrons. The van der Waals surface area contributed by atoms with Gasteiger partial charge in [0, 0.05) is 31.5 Å². The molecule has 2 aromatic rings. The van der Waals surface area contributed by atoms with Gasteiger partial charge in [0.25, 0.3) is 0 Å². The van der Waals surface area contributed by atoms with Gasteiger partial charge in [-0.05, 0) is 18.6 Å². The molecule has 0 saturated carbocycles. The first-order valence-electron chi connectivity index (χ1n) is 7.79. The summed E-state index contributed by atoms with van der Waals surface area (Å²) in [6.07, 6.45) is 6.53. The summed E-state index contributed by atoms with van der Waals surface area (Å²) in [5.41, 5.74) is 0. The Labute approximate surface area is 139 Å². The summed E-state index contributed by atoms with van der Waals surface area (Å²) in [6, 6.07) is 3.55. The second-order valence-electron chi connectivity index (χ2n) is 5.72. The molecule has 128 valence electrons. The number of nitrogens with one attached hydrogen (secondary N) is 1. The SMILES string of the molecule is COC(=O)c1ccc(CNC(=O)CN2CC[C@H](n3ccnc3)C2)o1. The molecule has 1 N–H and O–H groups in total. The van der Waals surface area contributed by atoms with Crippen LogP contribution in [0.25, 0.3) is 0 Å². The first-order chi connectivity index (χ1) is 11.7. The van der Waals surface area contributed by atoms with E-state index in [1.807, 2.05) is 12.5 Å². The standard InChI is InChI=1S/C16H20N4O4/c1-23-16(22)14-3-2-13(24-14)8-18-15(21)10-19-6-4-12(9-19)20-7-5-17-11-20/h2-3,5,7,11-12H,4,6,8-10H2,1H3,(H,18,21)/t12-/m0/s1. The number of methoxy groups -OCH3 is 1. The summed E-state index contributed by atoms with van der Waals surface area (Å²) in [7, 11) is 1.29. The van der Waals surface area contributed by atoms with Gasteiger partial charge in [0.2, 0.25) is 11.7 Å². The number of furan rings is 1. The first kappa shape index (κ1) is 16.3. The number of hydrogen-bond donors (Lipinski definition) is 1. The van der Waals surface area contributed by atoms with Crippen molar-refractivity contribution in [1.82, 2.24) is 19.8 Å². The predicted octanol–water partition coefficient (Wildman–Crippen LogP) is 0.826. The molecular formula is C16H20N4O4. The van der Waals surface area contributed by atoms with Crippen molar-refractivity contribution >= 4 is 11.9 Å². The zero-order valence-electron chi connectivity index (χ0n) is 13.5. The van der Waals surface area contributed by atoms with E-state index in [0.717, 1.165) is 19.5 Å². The molecule has 0 aliphatic carbocycles. The molecule has 24 heavy (non-hydrogen) atoms. The van der Waals surface area contributed by atoms with Crippen LogP contribution in [0.3, 0.4) is 0 Å². The number of nitrogens with zero attached hydrogens (tertiary/aromatic N) is 3. The van der Waals surface area contributed by atoms with Crippen LogP contribution in [0.1, 0.15) is 28.8 Å². The average molecular weight is 332 g/mol. The van der Waals surface area contributed by atoms with E-state index < -0.39 is 5.97 Å². The molecule has 1 amide bonds. The van der Waals surface area contributed by atoms with Crippen LogP contribution in [-0.4, -0.2) is 53.1 Å². The molecule has 0 aromatic carbocycles. The molecule has 0 unspecified atom stereocenters. The topological polar surface area (TPSA) is 89.6 Å². The Morgan fingerprint density at radius 3 is 3.08 bits per heavy atom. The molecule has 1 fully saturated rings. The van der Waals surface area contributed by atoms with Crippen LogP contribution in [-0.2, 0) is 16.1 Å².